The Hall–Kier alpha value is -0.950. The van der Waals surface area contributed by atoms with Gasteiger partial charge in [-0.2, -0.15) is 0 Å². The van der Waals surface area contributed by atoms with Crippen LogP contribution in [0.25, 0.3) is 0 Å². The summed E-state index contributed by atoms with van der Waals surface area (Å²) < 4.78 is 29.8. The fraction of sp³-hybridized carbons (Fsp3) is 0.182. The minimum absolute atomic E-state index is 0.0130. The topological polar surface area (TPSA) is 61.2 Å². The molecule has 0 bridgehead atoms. The van der Waals surface area contributed by atoms with Crippen molar-refractivity contribution in [3.05, 3.63) is 40.9 Å². The lowest BCUT2D eigenvalue weighted by atomic mass is 10.3. The lowest BCUT2D eigenvalue weighted by molar-refractivity contribution is 0.298. The van der Waals surface area contributed by atoms with Crippen molar-refractivity contribution in [2.45, 2.75) is 11.4 Å². The Morgan fingerprint density at radius 3 is 2.60 bits per heavy atom. The standard InChI is InChI=1S/C11H9Cl3N2O3S/c12-10-8(19-6-5-16-4-3-15-7-16)1-2-9(11(10)13)20(14,17)18/h1-4,7H,5-6H2. The average molecular weight is 356 g/mol. The molecule has 0 amide bonds. The molecule has 0 saturated carbocycles. The van der Waals surface area contributed by atoms with Crippen LogP contribution in [0.2, 0.25) is 10.0 Å². The van der Waals surface area contributed by atoms with Crippen molar-refractivity contribution in [1.29, 1.82) is 0 Å². The maximum absolute atomic E-state index is 11.3. The molecular weight excluding hydrogens is 347 g/mol. The van der Waals surface area contributed by atoms with Gasteiger partial charge in [-0.1, -0.05) is 23.2 Å². The Morgan fingerprint density at radius 1 is 1.25 bits per heavy atom. The number of nitrogens with zero attached hydrogens (tertiary/aromatic N) is 2. The number of hydrogen-bond acceptors (Lipinski definition) is 4. The number of aromatic nitrogens is 2. The highest BCUT2D eigenvalue weighted by atomic mass is 35.7. The summed E-state index contributed by atoms with van der Waals surface area (Å²) in [5, 5.41) is -0.138. The first-order chi connectivity index (χ1) is 9.39. The molecule has 0 saturated heterocycles. The number of hydrogen-bond donors (Lipinski definition) is 0. The number of halogens is 3. The maximum Gasteiger partial charge on any atom is 0.262 e. The smallest absolute Gasteiger partial charge is 0.262 e. The molecule has 2 rings (SSSR count). The minimum Gasteiger partial charge on any atom is -0.490 e. The molecule has 2 aromatic rings. The van der Waals surface area contributed by atoms with Crippen molar-refractivity contribution in [1.82, 2.24) is 9.55 Å². The molecule has 0 aliphatic carbocycles. The monoisotopic (exact) mass is 354 g/mol. The second kappa shape index (κ2) is 6.22. The van der Waals surface area contributed by atoms with E-state index in [1.165, 1.54) is 12.1 Å². The summed E-state index contributed by atoms with van der Waals surface area (Å²) in [4.78, 5) is 3.65. The predicted octanol–water partition coefficient (Wildman–Crippen LogP) is 3.20. The molecule has 0 atom stereocenters. The van der Waals surface area contributed by atoms with Gasteiger partial charge in [-0.15, -0.1) is 0 Å². The number of benzene rings is 1. The molecule has 1 heterocycles. The molecule has 0 spiro atoms. The molecule has 9 heteroatoms. The predicted molar refractivity (Wildman–Crippen MR) is 77.2 cm³/mol. The third kappa shape index (κ3) is 3.58. The van der Waals surface area contributed by atoms with Gasteiger partial charge in [0.05, 0.1) is 17.9 Å². The summed E-state index contributed by atoms with van der Waals surface area (Å²) in [6.07, 6.45) is 5.10. The van der Waals surface area contributed by atoms with Crippen molar-refractivity contribution >= 4 is 42.9 Å². The van der Waals surface area contributed by atoms with Gasteiger partial charge in [0.15, 0.2) is 0 Å². The van der Waals surface area contributed by atoms with E-state index in [9.17, 15) is 8.42 Å². The van der Waals surface area contributed by atoms with Crippen molar-refractivity contribution < 1.29 is 13.2 Å². The number of imidazole rings is 1. The highest BCUT2D eigenvalue weighted by molar-refractivity contribution is 8.13. The molecule has 0 aliphatic rings. The van der Waals surface area contributed by atoms with Gasteiger partial charge in [-0.3, -0.25) is 0 Å². The molecule has 5 nitrogen and oxygen atoms in total. The SMILES string of the molecule is O=S(=O)(Cl)c1ccc(OCCn2ccnc2)c(Cl)c1Cl. The van der Waals surface area contributed by atoms with Gasteiger partial charge in [0.1, 0.15) is 22.3 Å². The van der Waals surface area contributed by atoms with Gasteiger partial charge in [0.2, 0.25) is 0 Å². The van der Waals surface area contributed by atoms with Crippen LogP contribution in [0, 0.1) is 0 Å². The van der Waals surface area contributed by atoms with Crippen molar-refractivity contribution in [3.63, 3.8) is 0 Å². The van der Waals surface area contributed by atoms with Gasteiger partial charge < -0.3 is 9.30 Å². The van der Waals surface area contributed by atoms with Crippen LogP contribution in [0.15, 0.2) is 35.7 Å². The van der Waals surface area contributed by atoms with Crippen LogP contribution < -0.4 is 4.74 Å². The second-order valence-electron chi connectivity index (χ2n) is 3.78. The molecular formula is C11H9Cl3N2O3S. The van der Waals surface area contributed by atoms with Gasteiger partial charge in [-0.05, 0) is 12.1 Å². The van der Waals surface area contributed by atoms with E-state index >= 15 is 0 Å². The van der Waals surface area contributed by atoms with E-state index in [1.807, 2.05) is 4.57 Å². The molecule has 0 aliphatic heterocycles. The van der Waals surface area contributed by atoms with Gasteiger partial charge >= 0.3 is 0 Å². The lowest BCUT2D eigenvalue weighted by Gasteiger charge is -2.11. The van der Waals surface area contributed by atoms with E-state index in [0.717, 1.165) is 0 Å². The average Bonchev–Trinajstić information content (AvgIpc) is 2.86. The molecule has 0 fully saturated rings. The third-order valence-corrected chi connectivity index (χ3v) is 4.78. The summed E-state index contributed by atoms with van der Waals surface area (Å²) in [6, 6.07) is 2.67. The van der Waals surface area contributed by atoms with Crippen molar-refractivity contribution in [3.8, 4) is 5.75 Å². The lowest BCUT2D eigenvalue weighted by Crippen LogP contribution is -2.07. The van der Waals surface area contributed by atoms with Crippen molar-refractivity contribution in [2.24, 2.45) is 0 Å². The number of ether oxygens (including phenoxy) is 1. The molecule has 108 valence electrons. The Balaban J connectivity index is 2.12. The normalized spacial score (nSPS) is 11.6. The first-order valence-corrected chi connectivity index (χ1v) is 8.47. The molecule has 1 aromatic heterocycles. The van der Waals surface area contributed by atoms with Gasteiger partial charge in [-0.25, -0.2) is 13.4 Å². The highest BCUT2D eigenvalue weighted by Gasteiger charge is 2.19. The first-order valence-electron chi connectivity index (χ1n) is 5.41. The zero-order valence-electron chi connectivity index (χ0n) is 9.96. The molecule has 0 unspecified atom stereocenters. The summed E-state index contributed by atoms with van der Waals surface area (Å²) in [5.74, 6) is 0.292. The van der Waals surface area contributed by atoms with E-state index in [4.69, 9.17) is 38.6 Å². The van der Waals surface area contributed by atoms with Crippen LogP contribution in [-0.2, 0) is 15.6 Å². The quantitative estimate of drug-likeness (QED) is 0.773. The third-order valence-electron chi connectivity index (χ3n) is 2.44. The Kier molecular flexibility index (Phi) is 4.80. The summed E-state index contributed by atoms with van der Waals surface area (Å²) in [5.41, 5.74) is 0. The van der Waals surface area contributed by atoms with E-state index in [-0.39, 0.29) is 14.9 Å². The highest BCUT2D eigenvalue weighted by Crippen LogP contribution is 2.37. The largest absolute Gasteiger partial charge is 0.490 e. The zero-order valence-corrected chi connectivity index (χ0v) is 13.0. The molecule has 0 radical (unpaired) electrons. The fourth-order valence-electron chi connectivity index (χ4n) is 1.49. The van der Waals surface area contributed by atoms with E-state index in [2.05, 4.69) is 4.98 Å². The van der Waals surface area contributed by atoms with Crippen LogP contribution in [-0.4, -0.2) is 24.6 Å². The summed E-state index contributed by atoms with van der Waals surface area (Å²) in [6.45, 7) is 0.906. The van der Waals surface area contributed by atoms with Crippen LogP contribution in [0.5, 0.6) is 5.75 Å². The fourth-order valence-corrected chi connectivity index (χ4v) is 3.28. The van der Waals surface area contributed by atoms with Crippen LogP contribution >= 0.6 is 33.9 Å². The Labute approximate surface area is 130 Å². The molecule has 1 aromatic carbocycles. The van der Waals surface area contributed by atoms with Gasteiger partial charge in [0.25, 0.3) is 9.05 Å². The minimum atomic E-state index is -3.94. The van der Waals surface area contributed by atoms with Gasteiger partial charge in [0, 0.05) is 23.1 Å². The summed E-state index contributed by atoms with van der Waals surface area (Å²) in [7, 11) is 1.30. The molecule has 0 N–H and O–H groups in total. The van der Waals surface area contributed by atoms with E-state index in [1.54, 1.807) is 18.7 Å². The maximum atomic E-state index is 11.3. The van der Waals surface area contributed by atoms with E-state index in [0.29, 0.717) is 18.9 Å². The number of rotatable bonds is 5. The molecule has 20 heavy (non-hydrogen) atoms. The van der Waals surface area contributed by atoms with Crippen LogP contribution in [0.3, 0.4) is 0 Å². The Bertz CT molecular complexity index is 702. The van der Waals surface area contributed by atoms with Crippen LogP contribution in [0.1, 0.15) is 0 Å². The first kappa shape index (κ1) is 15.4. The van der Waals surface area contributed by atoms with Crippen LogP contribution in [0.4, 0.5) is 0 Å². The zero-order chi connectivity index (χ0) is 14.8. The second-order valence-corrected chi connectivity index (χ2v) is 7.07. The van der Waals surface area contributed by atoms with Crippen molar-refractivity contribution in [2.75, 3.05) is 6.61 Å². The van der Waals surface area contributed by atoms with E-state index < -0.39 is 9.05 Å². The Morgan fingerprint density at radius 2 is 2.00 bits per heavy atom. The summed E-state index contributed by atoms with van der Waals surface area (Å²) >= 11 is 11.8.